The largest absolute Gasteiger partial charge is 0.343 e. The Morgan fingerprint density at radius 2 is 1.95 bits per heavy atom. The van der Waals surface area contributed by atoms with E-state index in [0.717, 1.165) is 5.69 Å². The van der Waals surface area contributed by atoms with Gasteiger partial charge in [0.15, 0.2) is 0 Å². The molecule has 3 rings (SSSR count). The maximum Gasteiger partial charge on any atom is 0.249 e. The van der Waals surface area contributed by atoms with E-state index in [1.54, 1.807) is 4.90 Å². The molecular formula is C14H18ClN3O2. The highest BCUT2D eigenvalue weighted by Crippen LogP contribution is 2.32. The average Bonchev–Trinajstić information content (AvgIpc) is 3.08. The number of anilines is 1. The number of para-hydroxylation sites is 1. The fourth-order valence-corrected chi connectivity index (χ4v) is 2.34. The summed E-state index contributed by atoms with van der Waals surface area (Å²) in [5, 5.41) is 2.78. The van der Waals surface area contributed by atoms with Crippen molar-refractivity contribution in [3.63, 3.8) is 0 Å². The van der Waals surface area contributed by atoms with Gasteiger partial charge in [-0.05, 0) is 31.4 Å². The van der Waals surface area contributed by atoms with Crippen molar-refractivity contribution in [2.45, 2.75) is 30.8 Å². The zero-order valence-electron chi connectivity index (χ0n) is 11.0. The van der Waals surface area contributed by atoms with E-state index in [2.05, 4.69) is 5.32 Å². The highest BCUT2D eigenvalue weighted by Gasteiger charge is 2.47. The van der Waals surface area contributed by atoms with Crippen molar-refractivity contribution in [1.29, 1.82) is 0 Å². The maximum atomic E-state index is 12.3. The molecule has 0 bridgehead atoms. The summed E-state index contributed by atoms with van der Waals surface area (Å²) in [6.45, 7) is 0.630. The van der Waals surface area contributed by atoms with E-state index >= 15 is 0 Å². The molecule has 1 aliphatic carbocycles. The summed E-state index contributed by atoms with van der Waals surface area (Å²) in [6.07, 6.45) is 2.06. The lowest BCUT2D eigenvalue weighted by atomic mass is 10.2. The Morgan fingerprint density at radius 1 is 1.30 bits per heavy atom. The summed E-state index contributed by atoms with van der Waals surface area (Å²) < 4.78 is 0. The molecule has 20 heavy (non-hydrogen) atoms. The van der Waals surface area contributed by atoms with Crippen molar-refractivity contribution in [1.82, 2.24) is 5.32 Å². The lowest BCUT2D eigenvalue weighted by molar-refractivity contribution is -0.127. The van der Waals surface area contributed by atoms with E-state index in [-0.39, 0.29) is 24.2 Å². The van der Waals surface area contributed by atoms with Gasteiger partial charge in [0, 0.05) is 12.2 Å². The third kappa shape index (κ3) is 2.64. The molecule has 0 spiro atoms. The van der Waals surface area contributed by atoms with Crippen LogP contribution in [-0.2, 0) is 9.59 Å². The molecule has 2 aliphatic rings. The monoisotopic (exact) mass is 295 g/mol. The van der Waals surface area contributed by atoms with E-state index in [9.17, 15) is 9.59 Å². The number of nitrogens with two attached hydrogens (primary N) is 1. The van der Waals surface area contributed by atoms with Crippen LogP contribution in [0.3, 0.4) is 0 Å². The van der Waals surface area contributed by atoms with Gasteiger partial charge in [0.25, 0.3) is 0 Å². The number of nitrogens with one attached hydrogen (secondary N) is 1. The van der Waals surface area contributed by atoms with Crippen molar-refractivity contribution in [3.05, 3.63) is 30.3 Å². The molecule has 1 unspecified atom stereocenters. The maximum absolute atomic E-state index is 12.3. The van der Waals surface area contributed by atoms with Crippen LogP contribution in [0.15, 0.2) is 30.3 Å². The van der Waals surface area contributed by atoms with Gasteiger partial charge in [0.05, 0.1) is 5.54 Å². The van der Waals surface area contributed by atoms with Gasteiger partial charge < -0.3 is 16.0 Å². The number of carbonyl (C=O) groups is 2. The molecule has 108 valence electrons. The summed E-state index contributed by atoms with van der Waals surface area (Å²) in [4.78, 5) is 25.8. The van der Waals surface area contributed by atoms with Crippen LogP contribution in [0.25, 0.3) is 0 Å². The molecule has 1 saturated heterocycles. The third-order valence-corrected chi connectivity index (χ3v) is 3.82. The number of hydrogen-bond acceptors (Lipinski definition) is 3. The lowest BCUT2D eigenvalue weighted by Gasteiger charge is -2.18. The first-order chi connectivity index (χ1) is 9.10. The molecule has 2 amide bonds. The van der Waals surface area contributed by atoms with Gasteiger partial charge in [-0.15, -0.1) is 12.4 Å². The van der Waals surface area contributed by atoms with Crippen LogP contribution < -0.4 is 16.0 Å². The number of nitrogens with zero attached hydrogens (tertiary/aromatic N) is 1. The van der Waals surface area contributed by atoms with Crippen molar-refractivity contribution in [2.24, 2.45) is 5.73 Å². The highest BCUT2D eigenvalue weighted by molar-refractivity contribution is 6.02. The van der Waals surface area contributed by atoms with E-state index in [1.807, 2.05) is 30.3 Å². The first kappa shape index (κ1) is 14.8. The molecule has 1 aromatic rings. The SMILES string of the molecule is Cl.NC1(C(=O)NC2CCN(c3ccccc3)C2=O)CC1. The van der Waals surface area contributed by atoms with Crippen LogP contribution in [0, 0.1) is 0 Å². The zero-order valence-corrected chi connectivity index (χ0v) is 11.9. The van der Waals surface area contributed by atoms with Gasteiger partial charge in [0.1, 0.15) is 6.04 Å². The van der Waals surface area contributed by atoms with Crippen molar-refractivity contribution >= 4 is 29.9 Å². The van der Waals surface area contributed by atoms with E-state index in [4.69, 9.17) is 5.73 Å². The summed E-state index contributed by atoms with van der Waals surface area (Å²) in [7, 11) is 0. The third-order valence-electron chi connectivity index (χ3n) is 3.82. The van der Waals surface area contributed by atoms with Crippen LogP contribution in [0.4, 0.5) is 5.69 Å². The molecule has 1 aliphatic heterocycles. The fraction of sp³-hybridized carbons (Fsp3) is 0.429. The lowest BCUT2D eigenvalue weighted by Crippen LogP contribution is -2.49. The number of hydrogen-bond donors (Lipinski definition) is 2. The molecule has 6 heteroatoms. The predicted molar refractivity (Wildman–Crippen MR) is 78.7 cm³/mol. The summed E-state index contributed by atoms with van der Waals surface area (Å²) >= 11 is 0. The van der Waals surface area contributed by atoms with E-state index in [1.165, 1.54) is 0 Å². The molecule has 0 aromatic heterocycles. The topological polar surface area (TPSA) is 75.4 Å². The Kier molecular flexibility index (Phi) is 4.01. The Labute approximate surface area is 123 Å². The quantitative estimate of drug-likeness (QED) is 0.867. The Morgan fingerprint density at radius 3 is 2.55 bits per heavy atom. The standard InChI is InChI=1S/C14H17N3O2.ClH/c15-14(7-8-14)13(19)16-11-6-9-17(12(11)18)10-4-2-1-3-5-10;/h1-5,11H,6-9,15H2,(H,16,19);1H. The molecule has 0 radical (unpaired) electrons. The molecule has 1 atom stereocenters. The molecule has 1 aromatic carbocycles. The number of benzene rings is 1. The second kappa shape index (κ2) is 5.42. The normalized spacial score (nSPS) is 23.1. The molecular weight excluding hydrogens is 278 g/mol. The smallest absolute Gasteiger partial charge is 0.249 e. The van der Waals surface area contributed by atoms with E-state index in [0.29, 0.717) is 25.8 Å². The number of amides is 2. The molecule has 2 fully saturated rings. The number of rotatable bonds is 3. The first-order valence-corrected chi connectivity index (χ1v) is 6.56. The van der Waals surface area contributed by atoms with Crippen molar-refractivity contribution < 1.29 is 9.59 Å². The van der Waals surface area contributed by atoms with Gasteiger partial charge in [-0.2, -0.15) is 0 Å². The first-order valence-electron chi connectivity index (χ1n) is 6.56. The number of carbonyl (C=O) groups excluding carboxylic acids is 2. The van der Waals surface area contributed by atoms with Gasteiger partial charge in [-0.1, -0.05) is 18.2 Å². The predicted octanol–water partition coefficient (Wildman–Crippen LogP) is 0.821. The average molecular weight is 296 g/mol. The van der Waals surface area contributed by atoms with Crippen LogP contribution in [-0.4, -0.2) is 29.9 Å². The summed E-state index contributed by atoms with van der Waals surface area (Å²) in [5.74, 6) is -0.246. The van der Waals surface area contributed by atoms with Gasteiger partial charge in [-0.3, -0.25) is 9.59 Å². The van der Waals surface area contributed by atoms with Crippen molar-refractivity contribution in [2.75, 3.05) is 11.4 Å². The molecule has 5 nitrogen and oxygen atoms in total. The summed E-state index contributed by atoms with van der Waals surface area (Å²) in [5.41, 5.74) is 5.97. The van der Waals surface area contributed by atoms with Crippen LogP contribution in [0.1, 0.15) is 19.3 Å². The van der Waals surface area contributed by atoms with Crippen molar-refractivity contribution in [3.8, 4) is 0 Å². The fourth-order valence-electron chi connectivity index (χ4n) is 2.34. The zero-order chi connectivity index (χ0) is 13.5. The second-order valence-electron chi connectivity index (χ2n) is 5.30. The number of halogens is 1. The Hall–Kier alpha value is -1.59. The second-order valence-corrected chi connectivity index (χ2v) is 5.30. The summed E-state index contributed by atoms with van der Waals surface area (Å²) in [6, 6.07) is 9.06. The molecule has 1 heterocycles. The minimum Gasteiger partial charge on any atom is -0.343 e. The van der Waals surface area contributed by atoms with Crippen LogP contribution >= 0.6 is 12.4 Å². The molecule has 1 saturated carbocycles. The van der Waals surface area contributed by atoms with Gasteiger partial charge >= 0.3 is 0 Å². The Balaban J connectivity index is 0.00000147. The highest BCUT2D eigenvalue weighted by atomic mass is 35.5. The van der Waals surface area contributed by atoms with Crippen LogP contribution in [0.5, 0.6) is 0 Å². The van der Waals surface area contributed by atoms with Crippen LogP contribution in [0.2, 0.25) is 0 Å². The molecule has 3 N–H and O–H groups in total. The van der Waals surface area contributed by atoms with E-state index < -0.39 is 11.6 Å². The minimum absolute atomic E-state index is 0. The minimum atomic E-state index is -0.722. The van der Waals surface area contributed by atoms with Gasteiger partial charge in [0.2, 0.25) is 11.8 Å². The van der Waals surface area contributed by atoms with Gasteiger partial charge in [-0.25, -0.2) is 0 Å². The Bertz CT molecular complexity index is 516.